The first kappa shape index (κ1) is 16.2. The SMILES string of the molecule is CN1CCN(C(=O)c2cccc(-c3ccccc3F)c2)CCC1=O. The Hall–Kier alpha value is -2.69. The summed E-state index contributed by atoms with van der Waals surface area (Å²) in [6.07, 6.45) is 0.329. The van der Waals surface area contributed by atoms with E-state index in [-0.39, 0.29) is 17.6 Å². The Morgan fingerprint density at radius 1 is 1.04 bits per heavy atom. The molecule has 2 aromatic rings. The zero-order chi connectivity index (χ0) is 17.1. The van der Waals surface area contributed by atoms with Gasteiger partial charge in [0.1, 0.15) is 5.82 Å². The maximum absolute atomic E-state index is 14.0. The lowest BCUT2D eigenvalue weighted by atomic mass is 10.0. The molecule has 5 heteroatoms. The third kappa shape index (κ3) is 3.30. The molecule has 2 amide bonds. The van der Waals surface area contributed by atoms with Crippen LogP contribution in [0, 0.1) is 5.82 Å². The van der Waals surface area contributed by atoms with Gasteiger partial charge in [-0.3, -0.25) is 9.59 Å². The number of benzene rings is 2. The maximum atomic E-state index is 14.0. The van der Waals surface area contributed by atoms with Crippen LogP contribution in [0.3, 0.4) is 0 Å². The summed E-state index contributed by atoms with van der Waals surface area (Å²) in [6.45, 7) is 1.44. The van der Waals surface area contributed by atoms with E-state index in [1.807, 2.05) is 0 Å². The Kier molecular flexibility index (Phi) is 4.60. The second-order valence-electron chi connectivity index (χ2n) is 5.92. The molecule has 1 aliphatic rings. The molecule has 0 unspecified atom stereocenters. The van der Waals surface area contributed by atoms with Crippen molar-refractivity contribution in [3.63, 3.8) is 0 Å². The van der Waals surface area contributed by atoms with E-state index < -0.39 is 0 Å². The summed E-state index contributed by atoms with van der Waals surface area (Å²) in [5.74, 6) is -0.397. The summed E-state index contributed by atoms with van der Waals surface area (Å²) in [4.78, 5) is 27.8. The molecule has 0 spiro atoms. The highest BCUT2D eigenvalue weighted by atomic mass is 19.1. The molecule has 24 heavy (non-hydrogen) atoms. The van der Waals surface area contributed by atoms with Crippen LogP contribution in [0.5, 0.6) is 0 Å². The average Bonchev–Trinajstić information content (AvgIpc) is 2.77. The average molecular weight is 326 g/mol. The molecular formula is C19H19FN2O2. The lowest BCUT2D eigenvalue weighted by Gasteiger charge is -2.20. The second kappa shape index (κ2) is 6.83. The highest BCUT2D eigenvalue weighted by Gasteiger charge is 2.22. The summed E-state index contributed by atoms with van der Waals surface area (Å²) >= 11 is 0. The molecule has 0 radical (unpaired) electrons. The quantitative estimate of drug-likeness (QED) is 0.851. The van der Waals surface area contributed by atoms with Crippen molar-refractivity contribution in [1.82, 2.24) is 9.80 Å². The summed E-state index contributed by atoms with van der Waals surface area (Å²) in [6, 6.07) is 13.5. The van der Waals surface area contributed by atoms with Crippen molar-refractivity contribution in [2.45, 2.75) is 6.42 Å². The van der Waals surface area contributed by atoms with Crippen LogP contribution >= 0.6 is 0 Å². The van der Waals surface area contributed by atoms with Crippen molar-refractivity contribution >= 4 is 11.8 Å². The number of carbonyl (C=O) groups excluding carboxylic acids is 2. The van der Waals surface area contributed by atoms with Gasteiger partial charge in [-0.1, -0.05) is 30.3 Å². The van der Waals surface area contributed by atoms with Gasteiger partial charge in [0.25, 0.3) is 5.91 Å². The van der Waals surface area contributed by atoms with E-state index in [0.717, 1.165) is 0 Å². The summed E-state index contributed by atoms with van der Waals surface area (Å²) in [7, 11) is 1.75. The van der Waals surface area contributed by atoms with Crippen LogP contribution in [-0.2, 0) is 4.79 Å². The molecule has 1 saturated heterocycles. The van der Waals surface area contributed by atoms with Crippen LogP contribution in [-0.4, -0.2) is 48.3 Å². The Bertz CT molecular complexity index is 775. The highest BCUT2D eigenvalue weighted by molar-refractivity contribution is 5.96. The molecule has 1 aliphatic heterocycles. The van der Waals surface area contributed by atoms with Gasteiger partial charge in [0, 0.05) is 44.2 Å². The predicted molar refractivity (Wildman–Crippen MR) is 90.0 cm³/mol. The van der Waals surface area contributed by atoms with Gasteiger partial charge in [-0.15, -0.1) is 0 Å². The van der Waals surface area contributed by atoms with Crippen molar-refractivity contribution in [1.29, 1.82) is 0 Å². The van der Waals surface area contributed by atoms with Gasteiger partial charge in [0.05, 0.1) is 0 Å². The van der Waals surface area contributed by atoms with Gasteiger partial charge >= 0.3 is 0 Å². The minimum Gasteiger partial charge on any atom is -0.344 e. The number of halogens is 1. The molecule has 0 bridgehead atoms. The van der Waals surface area contributed by atoms with Crippen LogP contribution in [0.25, 0.3) is 11.1 Å². The Labute approximate surface area is 140 Å². The van der Waals surface area contributed by atoms with Crippen LogP contribution in [0.2, 0.25) is 0 Å². The zero-order valence-electron chi connectivity index (χ0n) is 13.5. The molecule has 1 fully saturated rings. The minimum absolute atomic E-state index is 0.0467. The van der Waals surface area contributed by atoms with Gasteiger partial charge in [0.15, 0.2) is 0 Å². The number of nitrogens with zero attached hydrogens (tertiary/aromatic N) is 2. The van der Waals surface area contributed by atoms with Crippen molar-refractivity contribution < 1.29 is 14.0 Å². The fraction of sp³-hybridized carbons (Fsp3) is 0.263. The molecule has 124 valence electrons. The summed E-state index contributed by atoms with van der Waals surface area (Å²) in [5, 5.41) is 0. The molecule has 0 aromatic heterocycles. The van der Waals surface area contributed by atoms with E-state index in [9.17, 15) is 14.0 Å². The number of hydrogen-bond donors (Lipinski definition) is 0. The van der Waals surface area contributed by atoms with Gasteiger partial charge in [-0.25, -0.2) is 4.39 Å². The van der Waals surface area contributed by atoms with E-state index in [1.165, 1.54) is 6.07 Å². The molecule has 0 N–H and O–H groups in total. The topological polar surface area (TPSA) is 40.6 Å². The third-order valence-corrected chi connectivity index (χ3v) is 4.31. The normalized spacial score (nSPS) is 15.3. The smallest absolute Gasteiger partial charge is 0.253 e. The number of carbonyl (C=O) groups is 2. The van der Waals surface area contributed by atoms with Crippen LogP contribution in [0.4, 0.5) is 4.39 Å². The fourth-order valence-electron chi connectivity index (χ4n) is 2.83. The molecule has 3 rings (SSSR count). The van der Waals surface area contributed by atoms with Crippen molar-refractivity contribution in [3.8, 4) is 11.1 Å². The predicted octanol–water partition coefficient (Wildman–Crippen LogP) is 2.80. The second-order valence-corrected chi connectivity index (χ2v) is 5.92. The van der Waals surface area contributed by atoms with E-state index in [2.05, 4.69) is 0 Å². The molecule has 0 atom stereocenters. The van der Waals surface area contributed by atoms with Crippen molar-refractivity contribution in [2.75, 3.05) is 26.7 Å². The van der Waals surface area contributed by atoms with Gasteiger partial charge in [0.2, 0.25) is 5.91 Å². The van der Waals surface area contributed by atoms with Crippen LogP contribution in [0.1, 0.15) is 16.8 Å². The molecule has 0 aliphatic carbocycles. The van der Waals surface area contributed by atoms with Crippen LogP contribution in [0.15, 0.2) is 48.5 Å². The number of likely N-dealkylation sites (N-methyl/N-ethyl adjacent to an activating group) is 1. The molecular weight excluding hydrogens is 307 g/mol. The molecule has 2 aromatic carbocycles. The summed E-state index contributed by atoms with van der Waals surface area (Å²) < 4.78 is 14.0. The fourth-order valence-corrected chi connectivity index (χ4v) is 2.83. The number of amides is 2. The first-order chi connectivity index (χ1) is 11.6. The molecule has 1 heterocycles. The Morgan fingerprint density at radius 3 is 2.62 bits per heavy atom. The zero-order valence-corrected chi connectivity index (χ0v) is 13.5. The van der Waals surface area contributed by atoms with E-state index in [4.69, 9.17) is 0 Å². The van der Waals surface area contributed by atoms with E-state index >= 15 is 0 Å². The maximum Gasteiger partial charge on any atom is 0.253 e. The molecule has 4 nitrogen and oxygen atoms in total. The Morgan fingerprint density at radius 2 is 1.83 bits per heavy atom. The lowest BCUT2D eigenvalue weighted by molar-refractivity contribution is -0.129. The third-order valence-electron chi connectivity index (χ3n) is 4.31. The first-order valence-electron chi connectivity index (χ1n) is 7.94. The van der Waals surface area contributed by atoms with Crippen molar-refractivity contribution in [2.24, 2.45) is 0 Å². The van der Waals surface area contributed by atoms with Gasteiger partial charge < -0.3 is 9.80 Å². The molecule has 0 saturated carbocycles. The monoisotopic (exact) mass is 326 g/mol. The summed E-state index contributed by atoms with van der Waals surface area (Å²) in [5.41, 5.74) is 1.65. The highest BCUT2D eigenvalue weighted by Crippen LogP contribution is 2.24. The Balaban J connectivity index is 1.85. The van der Waals surface area contributed by atoms with Gasteiger partial charge in [-0.05, 0) is 23.8 Å². The van der Waals surface area contributed by atoms with E-state index in [1.54, 1.807) is 59.3 Å². The van der Waals surface area contributed by atoms with E-state index in [0.29, 0.717) is 42.7 Å². The lowest BCUT2D eigenvalue weighted by Crippen LogP contribution is -2.34. The number of rotatable bonds is 2. The number of hydrogen-bond acceptors (Lipinski definition) is 2. The minimum atomic E-state index is -0.316. The largest absolute Gasteiger partial charge is 0.344 e. The van der Waals surface area contributed by atoms with Gasteiger partial charge in [-0.2, -0.15) is 0 Å². The first-order valence-corrected chi connectivity index (χ1v) is 7.94. The standard InChI is InChI=1S/C19H19FN2O2/c1-21-11-12-22(10-9-18(21)23)19(24)15-6-4-5-14(13-15)16-7-2-3-8-17(16)20/h2-8,13H,9-12H2,1H3. The van der Waals surface area contributed by atoms with Crippen LogP contribution < -0.4 is 0 Å². The van der Waals surface area contributed by atoms with Crippen molar-refractivity contribution in [3.05, 3.63) is 59.9 Å².